The van der Waals surface area contributed by atoms with Gasteiger partial charge >= 0.3 is 0 Å². The van der Waals surface area contributed by atoms with Gasteiger partial charge in [-0.15, -0.1) is 0 Å². The Bertz CT molecular complexity index is 583. The summed E-state index contributed by atoms with van der Waals surface area (Å²) in [5, 5.41) is 7.11. The van der Waals surface area contributed by atoms with E-state index >= 15 is 0 Å². The van der Waals surface area contributed by atoms with Crippen molar-refractivity contribution in [2.45, 2.75) is 0 Å². The summed E-state index contributed by atoms with van der Waals surface area (Å²) in [5.74, 6) is -0.689. The van der Waals surface area contributed by atoms with Gasteiger partial charge in [0.05, 0.1) is 0 Å². The smallest absolute Gasteiger partial charge is 0.199 e. The first-order valence-corrected chi connectivity index (χ1v) is 4.83. The van der Waals surface area contributed by atoms with E-state index in [0.29, 0.717) is 5.02 Å². The third kappa shape index (κ3) is 2.34. The highest BCUT2D eigenvalue weighted by molar-refractivity contribution is 6.30. The monoisotopic (exact) mass is 255 g/mol. The highest BCUT2D eigenvalue weighted by Crippen LogP contribution is 2.23. The van der Waals surface area contributed by atoms with Crippen LogP contribution in [0.5, 0.6) is 0 Å². The Kier molecular flexibility index (Phi) is 2.92. The van der Waals surface area contributed by atoms with E-state index < -0.39 is 5.82 Å². The lowest BCUT2D eigenvalue weighted by Crippen LogP contribution is -2.15. The fraction of sp³-hybridized carbons (Fsp3) is 0. The summed E-state index contributed by atoms with van der Waals surface area (Å²) in [5.41, 5.74) is 11.0. The zero-order chi connectivity index (χ0) is 12.4. The quantitative estimate of drug-likeness (QED) is 0.625. The Morgan fingerprint density at radius 2 is 2.18 bits per heavy atom. The second-order valence-corrected chi connectivity index (χ2v) is 3.53. The maximum atomic E-state index is 13.4. The van der Waals surface area contributed by atoms with Crippen LogP contribution in [-0.4, -0.2) is 16.1 Å². The zero-order valence-corrected chi connectivity index (χ0v) is 9.15. The average Bonchev–Trinajstić information content (AvgIpc) is 2.70. The number of halogens is 2. The molecule has 0 spiro atoms. The lowest BCUT2D eigenvalue weighted by molar-refractivity contribution is 0.308. The van der Waals surface area contributed by atoms with E-state index in [1.165, 1.54) is 18.2 Å². The van der Waals surface area contributed by atoms with Crippen LogP contribution < -0.4 is 11.5 Å². The summed E-state index contributed by atoms with van der Waals surface area (Å²) in [7, 11) is 0. The Morgan fingerprint density at radius 1 is 1.41 bits per heavy atom. The number of amidine groups is 1. The van der Waals surface area contributed by atoms with Gasteiger partial charge in [-0.3, -0.25) is 0 Å². The molecule has 1 heterocycles. The van der Waals surface area contributed by atoms with Gasteiger partial charge in [-0.2, -0.15) is 0 Å². The van der Waals surface area contributed by atoms with Gasteiger partial charge in [-0.1, -0.05) is 11.6 Å². The molecule has 2 aromatic rings. The van der Waals surface area contributed by atoms with Gasteiger partial charge < -0.3 is 11.5 Å². The molecular weight excluding hydrogens is 249 g/mol. The Balaban J connectivity index is 2.43. The molecule has 17 heavy (non-hydrogen) atoms. The maximum absolute atomic E-state index is 13.4. The fourth-order valence-electron chi connectivity index (χ4n) is 1.13. The van der Waals surface area contributed by atoms with Crippen LogP contribution in [0.1, 0.15) is 5.69 Å². The minimum Gasteiger partial charge on any atom is -0.382 e. The Labute approximate surface area is 100 Å². The molecule has 0 fully saturated rings. The van der Waals surface area contributed by atoms with Crippen LogP contribution in [0.15, 0.2) is 27.8 Å². The number of anilines is 1. The van der Waals surface area contributed by atoms with Gasteiger partial charge in [-0.25, -0.2) is 14.0 Å². The highest BCUT2D eigenvalue weighted by atomic mass is 35.5. The SMILES string of the molecule is NC(=Nc1cc(Cl)ccc1F)c1nonc1N. The summed E-state index contributed by atoms with van der Waals surface area (Å²) in [6.45, 7) is 0. The zero-order valence-electron chi connectivity index (χ0n) is 8.39. The van der Waals surface area contributed by atoms with Gasteiger partial charge in [0.2, 0.25) is 0 Å². The van der Waals surface area contributed by atoms with Gasteiger partial charge in [0.1, 0.15) is 11.5 Å². The lowest BCUT2D eigenvalue weighted by atomic mass is 10.3. The predicted octanol–water partition coefficient (Wildman–Crippen LogP) is 1.48. The molecule has 88 valence electrons. The molecule has 0 amide bonds. The second kappa shape index (κ2) is 4.38. The van der Waals surface area contributed by atoms with E-state index in [-0.39, 0.29) is 23.0 Å². The average molecular weight is 256 g/mol. The fourth-order valence-corrected chi connectivity index (χ4v) is 1.29. The molecule has 8 heteroatoms. The van der Waals surface area contributed by atoms with Crippen LogP contribution >= 0.6 is 11.6 Å². The van der Waals surface area contributed by atoms with E-state index in [9.17, 15) is 4.39 Å². The number of nitrogens with zero attached hydrogens (tertiary/aromatic N) is 3. The molecule has 0 aliphatic rings. The number of aliphatic imine (C=N–C) groups is 1. The molecule has 0 aliphatic carbocycles. The molecule has 2 rings (SSSR count). The van der Waals surface area contributed by atoms with E-state index in [1.54, 1.807) is 0 Å². The Hall–Kier alpha value is -2.15. The van der Waals surface area contributed by atoms with Crippen molar-refractivity contribution in [2.24, 2.45) is 10.7 Å². The van der Waals surface area contributed by atoms with Crippen LogP contribution in [-0.2, 0) is 0 Å². The largest absolute Gasteiger partial charge is 0.382 e. The molecule has 6 nitrogen and oxygen atoms in total. The number of rotatable bonds is 2. The van der Waals surface area contributed by atoms with Crippen LogP contribution in [0.3, 0.4) is 0 Å². The van der Waals surface area contributed by atoms with Crippen LogP contribution in [0.25, 0.3) is 0 Å². The standard InChI is InChI=1S/C9H7ClFN5O/c10-4-1-2-5(11)6(3-4)14-8(12)7-9(13)16-17-15-7/h1-3H,(H2,12,14)(H2,13,16). The van der Waals surface area contributed by atoms with Crippen molar-refractivity contribution in [3.8, 4) is 0 Å². The molecule has 4 N–H and O–H groups in total. The van der Waals surface area contributed by atoms with Crippen molar-refractivity contribution in [1.29, 1.82) is 0 Å². The third-order valence-electron chi connectivity index (χ3n) is 1.91. The normalized spacial score (nSPS) is 11.8. The first-order valence-electron chi connectivity index (χ1n) is 4.45. The molecule has 0 saturated heterocycles. The predicted molar refractivity (Wildman–Crippen MR) is 60.5 cm³/mol. The number of nitrogens with two attached hydrogens (primary N) is 2. The van der Waals surface area contributed by atoms with Crippen molar-refractivity contribution < 1.29 is 9.02 Å². The molecule has 1 aromatic carbocycles. The van der Waals surface area contributed by atoms with Crippen LogP contribution in [0.4, 0.5) is 15.9 Å². The van der Waals surface area contributed by atoms with Crippen LogP contribution in [0.2, 0.25) is 5.02 Å². The number of hydrogen-bond donors (Lipinski definition) is 2. The number of aromatic nitrogens is 2. The molecule has 0 unspecified atom stereocenters. The van der Waals surface area contributed by atoms with Crippen molar-refractivity contribution in [3.05, 3.63) is 34.7 Å². The van der Waals surface area contributed by atoms with E-state index in [2.05, 4.69) is 19.9 Å². The van der Waals surface area contributed by atoms with Gasteiger partial charge in [-0.05, 0) is 28.5 Å². The van der Waals surface area contributed by atoms with Crippen molar-refractivity contribution in [2.75, 3.05) is 5.73 Å². The van der Waals surface area contributed by atoms with Gasteiger partial charge in [0.15, 0.2) is 17.3 Å². The summed E-state index contributed by atoms with van der Waals surface area (Å²) < 4.78 is 17.7. The topological polar surface area (TPSA) is 103 Å². The number of hydrogen-bond acceptors (Lipinski definition) is 5. The lowest BCUT2D eigenvalue weighted by Gasteiger charge is -1.99. The molecule has 0 radical (unpaired) electrons. The van der Waals surface area contributed by atoms with E-state index in [4.69, 9.17) is 23.1 Å². The second-order valence-electron chi connectivity index (χ2n) is 3.09. The van der Waals surface area contributed by atoms with Crippen molar-refractivity contribution >= 4 is 28.9 Å². The molecule has 0 saturated carbocycles. The van der Waals surface area contributed by atoms with E-state index in [0.717, 1.165) is 0 Å². The first kappa shape index (κ1) is 11.3. The molecule has 0 aliphatic heterocycles. The molecule has 0 bridgehead atoms. The minimum atomic E-state index is -0.563. The van der Waals surface area contributed by atoms with Crippen molar-refractivity contribution in [3.63, 3.8) is 0 Å². The van der Waals surface area contributed by atoms with E-state index in [1.807, 2.05) is 0 Å². The number of nitrogen functional groups attached to an aromatic ring is 1. The first-order chi connectivity index (χ1) is 8.08. The Morgan fingerprint density at radius 3 is 2.82 bits per heavy atom. The minimum absolute atomic E-state index is 0.0163. The third-order valence-corrected chi connectivity index (χ3v) is 2.14. The number of benzene rings is 1. The van der Waals surface area contributed by atoms with Crippen molar-refractivity contribution in [1.82, 2.24) is 10.3 Å². The highest BCUT2D eigenvalue weighted by Gasteiger charge is 2.11. The summed E-state index contributed by atoms with van der Waals surface area (Å²) in [4.78, 5) is 3.82. The van der Waals surface area contributed by atoms with Gasteiger partial charge in [0.25, 0.3) is 0 Å². The summed E-state index contributed by atoms with van der Waals surface area (Å²) in [6, 6.07) is 3.91. The maximum Gasteiger partial charge on any atom is 0.199 e. The van der Waals surface area contributed by atoms with Crippen LogP contribution in [0, 0.1) is 5.82 Å². The summed E-state index contributed by atoms with van der Waals surface area (Å²) in [6.07, 6.45) is 0. The molecule has 1 aromatic heterocycles. The van der Waals surface area contributed by atoms with Gasteiger partial charge in [0, 0.05) is 5.02 Å². The summed E-state index contributed by atoms with van der Waals surface area (Å²) >= 11 is 5.71. The molecule has 0 atom stereocenters. The molecular formula is C9H7ClFN5O.